The summed E-state index contributed by atoms with van der Waals surface area (Å²) in [5.41, 5.74) is 0.496. The molecule has 56 valence electrons. The SMILES string of the molecule is CC1=C(C#N)C=NC(O)C1=O. The summed E-state index contributed by atoms with van der Waals surface area (Å²) >= 11 is 0. The predicted octanol–water partition coefficient (Wildman–Crippen LogP) is -0.202. The van der Waals surface area contributed by atoms with Crippen LogP contribution in [0.1, 0.15) is 6.92 Å². The number of nitrogens with zero attached hydrogens (tertiary/aromatic N) is 2. The van der Waals surface area contributed by atoms with Gasteiger partial charge in [-0.15, -0.1) is 0 Å². The van der Waals surface area contributed by atoms with Crippen LogP contribution in [-0.4, -0.2) is 23.3 Å². The Kier molecular flexibility index (Phi) is 1.83. The van der Waals surface area contributed by atoms with Crippen LogP contribution >= 0.6 is 0 Å². The fraction of sp³-hybridized carbons (Fsp3) is 0.286. The van der Waals surface area contributed by atoms with Gasteiger partial charge in [-0.25, -0.2) is 0 Å². The minimum Gasteiger partial charge on any atom is -0.365 e. The number of hydrogen-bond donors (Lipinski definition) is 1. The largest absolute Gasteiger partial charge is 0.365 e. The first-order chi connectivity index (χ1) is 5.16. The van der Waals surface area contributed by atoms with E-state index in [1.54, 1.807) is 6.07 Å². The molecule has 1 rings (SSSR count). The van der Waals surface area contributed by atoms with Crippen molar-refractivity contribution in [1.29, 1.82) is 5.26 Å². The highest BCUT2D eigenvalue weighted by atomic mass is 16.3. The first-order valence-corrected chi connectivity index (χ1v) is 3.03. The van der Waals surface area contributed by atoms with Crippen molar-refractivity contribution >= 4 is 12.0 Å². The van der Waals surface area contributed by atoms with Crippen LogP contribution in [0.4, 0.5) is 0 Å². The molecule has 11 heavy (non-hydrogen) atoms. The molecule has 1 atom stereocenters. The van der Waals surface area contributed by atoms with E-state index in [1.807, 2.05) is 0 Å². The van der Waals surface area contributed by atoms with Gasteiger partial charge in [-0.3, -0.25) is 9.79 Å². The summed E-state index contributed by atoms with van der Waals surface area (Å²) in [6.07, 6.45) is -0.103. The number of Topliss-reactive ketones (excluding diaryl/α,β-unsaturated/α-hetero) is 1. The lowest BCUT2D eigenvalue weighted by Crippen LogP contribution is -2.23. The Morgan fingerprint density at radius 1 is 1.82 bits per heavy atom. The van der Waals surface area contributed by atoms with E-state index in [-0.39, 0.29) is 11.1 Å². The summed E-state index contributed by atoms with van der Waals surface area (Å²) in [5, 5.41) is 17.3. The Bertz CT molecular complexity index is 296. The minimum atomic E-state index is -1.31. The van der Waals surface area contributed by atoms with Crippen LogP contribution < -0.4 is 0 Å². The van der Waals surface area contributed by atoms with Crippen molar-refractivity contribution in [1.82, 2.24) is 0 Å². The van der Waals surface area contributed by atoms with Gasteiger partial charge in [0.05, 0.1) is 5.57 Å². The number of aliphatic hydroxyl groups is 1. The molecule has 4 nitrogen and oxygen atoms in total. The molecule has 0 aliphatic carbocycles. The Morgan fingerprint density at radius 3 is 3.00 bits per heavy atom. The van der Waals surface area contributed by atoms with Crippen molar-refractivity contribution in [3.05, 3.63) is 11.1 Å². The molecule has 4 heteroatoms. The molecule has 0 fully saturated rings. The Balaban J connectivity index is 3.09. The van der Waals surface area contributed by atoms with Crippen LogP contribution in [0, 0.1) is 11.3 Å². The van der Waals surface area contributed by atoms with E-state index < -0.39 is 12.0 Å². The molecule has 0 bridgehead atoms. The van der Waals surface area contributed by atoms with Crippen LogP contribution in [0.15, 0.2) is 16.1 Å². The van der Waals surface area contributed by atoms with Gasteiger partial charge in [-0.05, 0) is 6.92 Å². The number of hydrogen-bond acceptors (Lipinski definition) is 4. The molecule has 0 saturated carbocycles. The normalized spacial score (nSPS) is 23.7. The fourth-order valence-corrected chi connectivity index (χ4v) is 0.749. The van der Waals surface area contributed by atoms with E-state index >= 15 is 0 Å². The van der Waals surface area contributed by atoms with E-state index in [9.17, 15) is 4.79 Å². The fourth-order valence-electron chi connectivity index (χ4n) is 0.749. The standard InChI is InChI=1S/C7H6N2O2/c1-4-5(2-8)3-9-7(11)6(4)10/h3,7,11H,1H3. The van der Waals surface area contributed by atoms with Gasteiger partial charge >= 0.3 is 0 Å². The molecule has 0 aromatic heterocycles. The van der Waals surface area contributed by atoms with Gasteiger partial charge < -0.3 is 5.11 Å². The molecule has 0 saturated heterocycles. The van der Waals surface area contributed by atoms with E-state index in [1.165, 1.54) is 13.1 Å². The number of carbonyl (C=O) groups is 1. The van der Waals surface area contributed by atoms with Gasteiger partial charge in [0.1, 0.15) is 6.07 Å². The van der Waals surface area contributed by atoms with Crippen LogP contribution in [0.5, 0.6) is 0 Å². The highest BCUT2D eigenvalue weighted by Crippen LogP contribution is 2.10. The van der Waals surface area contributed by atoms with Crippen LogP contribution in [-0.2, 0) is 4.79 Å². The lowest BCUT2D eigenvalue weighted by molar-refractivity contribution is -0.123. The Hall–Kier alpha value is -1.47. The van der Waals surface area contributed by atoms with E-state index in [4.69, 9.17) is 10.4 Å². The van der Waals surface area contributed by atoms with Crippen molar-refractivity contribution in [2.45, 2.75) is 13.2 Å². The second-order valence-electron chi connectivity index (χ2n) is 2.17. The van der Waals surface area contributed by atoms with E-state index in [2.05, 4.69) is 4.99 Å². The first kappa shape index (κ1) is 7.63. The van der Waals surface area contributed by atoms with Gasteiger partial charge in [0.25, 0.3) is 0 Å². The van der Waals surface area contributed by atoms with Gasteiger partial charge in [0, 0.05) is 11.8 Å². The number of carbonyl (C=O) groups excluding carboxylic acids is 1. The maximum atomic E-state index is 10.9. The third-order valence-corrected chi connectivity index (χ3v) is 1.47. The average molecular weight is 150 g/mol. The number of dihydropyridines is 1. The third kappa shape index (κ3) is 1.18. The van der Waals surface area contributed by atoms with Gasteiger partial charge in [-0.2, -0.15) is 5.26 Å². The van der Waals surface area contributed by atoms with Crippen molar-refractivity contribution in [3.63, 3.8) is 0 Å². The maximum absolute atomic E-state index is 10.9. The average Bonchev–Trinajstić information content (AvgIpc) is 2.01. The number of allylic oxidation sites excluding steroid dienone is 1. The second kappa shape index (κ2) is 2.64. The number of ketones is 1. The van der Waals surface area contributed by atoms with E-state index in [0.29, 0.717) is 0 Å². The van der Waals surface area contributed by atoms with Crippen molar-refractivity contribution in [2.24, 2.45) is 4.99 Å². The second-order valence-corrected chi connectivity index (χ2v) is 2.17. The molecule has 1 aliphatic heterocycles. The Labute approximate surface area is 63.5 Å². The zero-order valence-electron chi connectivity index (χ0n) is 5.90. The summed E-state index contributed by atoms with van der Waals surface area (Å²) < 4.78 is 0. The van der Waals surface area contributed by atoms with E-state index in [0.717, 1.165) is 0 Å². The van der Waals surface area contributed by atoms with Crippen LogP contribution in [0.3, 0.4) is 0 Å². The smallest absolute Gasteiger partial charge is 0.210 e. The van der Waals surface area contributed by atoms with Gasteiger partial charge in [0.2, 0.25) is 12.0 Å². The minimum absolute atomic E-state index is 0.223. The first-order valence-electron chi connectivity index (χ1n) is 3.03. The molecule has 0 amide bonds. The zero-order chi connectivity index (χ0) is 8.43. The van der Waals surface area contributed by atoms with Crippen molar-refractivity contribution in [3.8, 4) is 6.07 Å². The molecule has 1 aliphatic rings. The summed E-state index contributed by atoms with van der Waals surface area (Å²) in [6, 6.07) is 1.80. The number of rotatable bonds is 0. The van der Waals surface area contributed by atoms with Crippen molar-refractivity contribution < 1.29 is 9.90 Å². The van der Waals surface area contributed by atoms with Crippen molar-refractivity contribution in [2.75, 3.05) is 0 Å². The molecule has 1 unspecified atom stereocenters. The molecule has 0 spiro atoms. The highest BCUT2D eigenvalue weighted by molar-refractivity contribution is 6.08. The zero-order valence-corrected chi connectivity index (χ0v) is 5.90. The number of nitriles is 1. The predicted molar refractivity (Wildman–Crippen MR) is 37.8 cm³/mol. The summed E-state index contributed by atoms with van der Waals surface area (Å²) in [6.45, 7) is 1.50. The summed E-state index contributed by atoms with van der Waals surface area (Å²) in [4.78, 5) is 14.3. The monoisotopic (exact) mass is 150 g/mol. The van der Waals surface area contributed by atoms with Gasteiger partial charge in [0.15, 0.2) is 0 Å². The topological polar surface area (TPSA) is 73.4 Å². The molecule has 0 aromatic rings. The van der Waals surface area contributed by atoms with Crippen LogP contribution in [0.25, 0.3) is 0 Å². The molecular formula is C7H6N2O2. The molecule has 0 radical (unpaired) electrons. The maximum Gasteiger partial charge on any atom is 0.210 e. The molecule has 0 aromatic carbocycles. The van der Waals surface area contributed by atoms with Gasteiger partial charge in [-0.1, -0.05) is 0 Å². The highest BCUT2D eigenvalue weighted by Gasteiger charge is 2.21. The lowest BCUT2D eigenvalue weighted by atomic mass is 10.0. The molecular weight excluding hydrogens is 144 g/mol. The number of aliphatic imine (C=N–C) groups is 1. The molecule has 1 N–H and O–H groups in total. The number of aliphatic hydroxyl groups excluding tert-OH is 1. The summed E-state index contributed by atoms with van der Waals surface area (Å²) in [5.74, 6) is -0.496. The lowest BCUT2D eigenvalue weighted by Gasteiger charge is -2.09. The summed E-state index contributed by atoms with van der Waals surface area (Å²) in [7, 11) is 0. The third-order valence-electron chi connectivity index (χ3n) is 1.47. The van der Waals surface area contributed by atoms with Crippen LogP contribution in [0.2, 0.25) is 0 Å². The quantitative estimate of drug-likeness (QED) is 0.519. The Morgan fingerprint density at radius 2 is 2.45 bits per heavy atom. The molecule has 1 heterocycles.